The first kappa shape index (κ1) is 21.9. The fraction of sp³-hybridized carbons (Fsp3) is 0.500. The van der Waals surface area contributed by atoms with Crippen LogP contribution in [0.5, 0.6) is 11.5 Å². The lowest BCUT2D eigenvalue weighted by atomic mass is 10.0. The SMILES string of the molecule is CCc1cc(OCC=C(Cl)Cl)c(Cl)c(CC)c1OCCON=C(C)C. The number of halogens is 3. The maximum Gasteiger partial charge on any atom is 0.151 e. The molecule has 0 heterocycles. The predicted octanol–water partition coefficient (Wildman–Crippen LogP) is 5.95. The summed E-state index contributed by atoms with van der Waals surface area (Å²) in [5.41, 5.74) is 2.79. The largest absolute Gasteiger partial charge is 0.489 e. The highest BCUT2D eigenvalue weighted by atomic mass is 35.5. The second-order valence-corrected chi connectivity index (χ2v) is 6.77. The molecule has 1 rings (SSSR count). The topological polar surface area (TPSA) is 40.0 Å². The molecule has 25 heavy (non-hydrogen) atoms. The van der Waals surface area contributed by atoms with Crippen molar-refractivity contribution in [3.05, 3.63) is 32.8 Å². The smallest absolute Gasteiger partial charge is 0.151 e. The normalized spacial score (nSPS) is 10.2. The van der Waals surface area contributed by atoms with Crippen molar-refractivity contribution in [3.63, 3.8) is 0 Å². The van der Waals surface area contributed by atoms with E-state index in [-0.39, 0.29) is 11.1 Å². The second-order valence-electron chi connectivity index (χ2n) is 5.39. The molecule has 0 saturated carbocycles. The zero-order valence-electron chi connectivity index (χ0n) is 15.0. The van der Waals surface area contributed by atoms with E-state index in [1.54, 1.807) is 6.08 Å². The number of benzene rings is 1. The van der Waals surface area contributed by atoms with Crippen LogP contribution >= 0.6 is 34.8 Å². The lowest BCUT2D eigenvalue weighted by Gasteiger charge is -2.18. The van der Waals surface area contributed by atoms with Gasteiger partial charge in [0.25, 0.3) is 0 Å². The second kappa shape index (κ2) is 11.5. The van der Waals surface area contributed by atoms with Crippen molar-refractivity contribution >= 4 is 40.5 Å². The van der Waals surface area contributed by atoms with Gasteiger partial charge < -0.3 is 14.3 Å². The summed E-state index contributed by atoms with van der Waals surface area (Å²) in [6.07, 6.45) is 3.07. The van der Waals surface area contributed by atoms with Gasteiger partial charge in [-0.2, -0.15) is 0 Å². The molecule has 0 unspecified atom stereocenters. The van der Waals surface area contributed by atoms with Gasteiger partial charge in [-0.1, -0.05) is 53.8 Å². The summed E-state index contributed by atoms with van der Waals surface area (Å²) in [4.78, 5) is 5.17. The summed E-state index contributed by atoms with van der Waals surface area (Å²) in [6, 6.07) is 1.89. The van der Waals surface area contributed by atoms with Gasteiger partial charge in [-0.05, 0) is 44.4 Å². The molecule has 0 atom stereocenters. The van der Waals surface area contributed by atoms with Crippen LogP contribution in [0.4, 0.5) is 0 Å². The number of nitrogens with zero attached hydrogens (tertiary/aromatic N) is 1. The van der Waals surface area contributed by atoms with E-state index in [0.29, 0.717) is 24.0 Å². The van der Waals surface area contributed by atoms with E-state index in [1.165, 1.54) is 0 Å². The van der Waals surface area contributed by atoms with Crippen molar-refractivity contribution in [2.75, 3.05) is 19.8 Å². The van der Waals surface area contributed by atoms with Gasteiger partial charge in [0.1, 0.15) is 29.2 Å². The van der Waals surface area contributed by atoms with Gasteiger partial charge in [-0.15, -0.1) is 0 Å². The lowest BCUT2D eigenvalue weighted by Crippen LogP contribution is -2.09. The summed E-state index contributed by atoms with van der Waals surface area (Å²) in [5.74, 6) is 1.38. The van der Waals surface area contributed by atoms with Crippen LogP contribution in [0.1, 0.15) is 38.8 Å². The molecule has 0 radical (unpaired) electrons. The summed E-state index contributed by atoms with van der Waals surface area (Å²) in [7, 11) is 0. The molecule has 7 heteroatoms. The van der Waals surface area contributed by atoms with Crippen molar-refractivity contribution in [2.45, 2.75) is 40.5 Å². The van der Waals surface area contributed by atoms with Crippen LogP contribution in [0.15, 0.2) is 21.8 Å². The van der Waals surface area contributed by atoms with E-state index in [1.807, 2.05) is 26.8 Å². The molecular formula is C18H24Cl3NO3. The average Bonchev–Trinajstić information content (AvgIpc) is 2.55. The van der Waals surface area contributed by atoms with Crippen LogP contribution in [0.3, 0.4) is 0 Å². The number of oxime groups is 1. The molecule has 140 valence electrons. The molecule has 0 spiro atoms. The molecule has 0 saturated heterocycles. The van der Waals surface area contributed by atoms with Crippen molar-refractivity contribution in [1.29, 1.82) is 0 Å². The summed E-state index contributed by atoms with van der Waals surface area (Å²) >= 11 is 17.7. The van der Waals surface area contributed by atoms with Gasteiger partial charge >= 0.3 is 0 Å². The molecule has 0 N–H and O–H groups in total. The van der Waals surface area contributed by atoms with Gasteiger partial charge in [0.15, 0.2) is 6.61 Å². The molecule has 0 aliphatic rings. The zero-order valence-corrected chi connectivity index (χ0v) is 17.3. The van der Waals surface area contributed by atoms with Crippen LogP contribution in [-0.2, 0) is 17.7 Å². The third-order valence-electron chi connectivity index (χ3n) is 3.23. The standard InChI is InChI=1S/C18H24Cl3NO3/c1-5-13-11-15(23-8-7-16(19)20)17(21)14(6-2)18(13)24-9-10-25-22-12(3)4/h7,11H,5-6,8-10H2,1-4H3. The van der Waals surface area contributed by atoms with Gasteiger partial charge in [-0.3, -0.25) is 0 Å². The Hall–Kier alpha value is -1.10. The lowest BCUT2D eigenvalue weighted by molar-refractivity contribution is 0.106. The van der Waals surface area contributed by atoms with Gasteiger partial charge in [0.05, 0.1) is 10.7 Å². The molecule has 0 fully saturated rings. The molecule has 1 aromatic rings. The molecule has 0 aliphatic heterocycles. The number of aryl methyl sites for hydroxylation is 1. The van der Waals surface area contributed by atoms with Crippen LogP contribution in [0.25, 0.3) is 0 Å². The van der Waals surface area contributed by atoms with Crippen molar-refractivity contribution in [3.8, 4) is 11.5 Å². The highest BCUT2D eigenvalue weighted by molar-refractivity contribution is 6.55. The fourth-order valence-corrected chi connectivity index (χ4v) is 2.60. The Kier molecular flexibility index (Phi) is 10.1. The molecule has 0 bridgehead atoms. The van der Waals surface area contributed by atoms with Crippen molar-refractivity contribution in [2.24, 2.45) is 5.16 Å². The fourth-order valence-electron chi connectivity index (χ4n) is 2.14. The highest BCUT2D eigenvalue weighted by Crippen LogP contribution is 2.39. The minimum Gasteiger partial charge on any atom is -0.489 e. The zero-order chi connectivity index (χ0) is 18.8. The van der Waals surface area contributed by atoms with Crippen LogP contribution in [0.2, 0.25) is 5.02 Å². The van der Waals surface area contributed by atoms with E-state index >= 15 is 0 Å². The van der Waals surface area contributed by atoms with Crippen molar-refractivity contribution in [1.82, 2.24) is 0 Å². The molecule has 0 aromatic heterocycles. The third-order valence-corrected chi connectivity index (χ3v) is 3.95. The maximum absolute atomic E-state index is 6.50. The summed E-state index contributed by atoms with van der Waals surface area (Å²) in [5, 5.41) is 4.42. The average molecular weight is 409 g/mol. The minimum absolute atomic E-state index is 0.160. The predicted molar refractivity (Wildman–Crippen MR) is 106 cm³/mol. The Morgan fingerprint density at radius 2 is 1.84 bits per heavy atom. The van der Waals surface area contributed by atoms with E-state index < -0.39 is 0 Å². The van der Waals surface area contributed by atoms with Gasteiger partial charge in [0, 0.05) is 5.56 Å². The molecular weight excluding hydrogens is 385 g/mol. The number of ether oxygens (including phenoxy) is 2. The Morgan fingerprint density at radius 3 is 2.40 bits per heavy atom. The van der Waals surface area contributed by atoms with E-state index in [2.05, 4.69) is 12.1 Å². The first-order chi connectivity index (χ1) is 11.9. The summed E-state index contributed by atoms with van der Waals surface area (Å²) in [6.45, 7) is 8.82. The number of hydrogen-bond acceptors (Lipinski definition) is 4. The maximum atomic E-state index is 6.50. The Bertz CT molecular complexity index is 622. The van der Waals surface area contributed by atoms with E-state index in [0.717, 1.165) is 35.4 Å². The highest BCUT2D eigenvalue weighted by Gasteiger charge is 2.17. The molecule has 4 nitrogen and oxygen atoms in total. The monoisotopic (exact) mass is 407 g/mol. The van der Waals surface area contributed by atoms with Gasteiger partial charge in [-0.25, -0.2) is 0 Å². The van der Waals surface area contributed by atoms with Crippen LogP contribution in [-0.4, -0.2) is 25.5 Å². The Balaban J connectivity index is 2.94. The van der Waals surface area contributed by atoms with E-state index in [4.69, 9.17) is 49.1 Å². The molecule has 1 aromatic carbocycles. The first-order valence-electron chi connectivity index (χ1n) is 8.14. The Labute approximate surface area is 164 Å². The van der Waals surface area contributed by atoms with Gasteiger partial charge in [0.2, 0.25) is 0 Å². The third kappa shape index (κ3) is 7.35. The quantitative estimate of drug-likeness (QED) is 0.273. The van der Waals surface area contributed by atoms with Crippen LogP contribution in [0, 0.1) is 0 Å². The van der Waals surface area contributed by atoms with Crippen molar-refractivity contribution < 1.29 is 14.3 Å². The van der Waals surface area contributed by atoms with Crippen LogP contribution < -0.4 is 9.47 Å². The molecule has 0 amide bonds. The summed E-state index contributed by atoms with van der Waals surface area (Å²) < 4.78 is 11.8. The Morgan fingerprint density at radius 1 is 1.12 bits per heavy atom. The molecule has 0 aliphatic carbocycles. The first-order valence-corrected chi connectivity index (χ1v) is 9.28. The number of hydrogen-bond donors (Lipinski definition) is 0. The number of rotatable bonds is 10. The van der Waals surface area contributed by atoms with E-state index in [9.17, 15) is 0 Å². The minimum atomic E-state index is 0.160.